The lowest BCUT2D eigenvalue weighted by atomic mass is 10.0. The van der Waals surface area contributed by atoms with Gasteiger partial charge in [0.1, 0.15) is 0 Å². The number of nitrogens with zero attached hydrogens (tertiary/aromatic N) is 1. The monoisotopic (exact) mass is 262 g/mol. The van der Waals surface area contributed by atoms with Gasteiger partial charge in [0.25, 0.3) is 0 Å². The van der Waals surface area contributed by atoms with Crippen molar-refractivity contribution in [1.82, 2.24) is 4.90 Å². The van der Waals surface area contributed by atoms with Crippen molar-refractivity contribution in [2.45, 2.75) is 38.3 Å². The summed E-state index contributed by atoms with van der Waals surface area (Å²) in [5.74, 6) is 0. The zero-order valence-corrected chi connectivity index (χ0v) is 11.9. The highest BCUT2D eigenvalue weighted by Crippen LogP contribution is 2.17. The van der Waals surface area contributed by atoms with E-state index in [-0.39, 0.29) is 6.04 Å². The molecule has 3 nitrogen and oxygen atoms in total. The van der Waals surface area contributed by atoms with Crippen LogP contribution in [0.3, 0.4) is 0 Å². The molecule has 19 heavy (non-hydrogen) atoms. The predicted molar refractivity (Wildman–Crippen MR) is 79.1 cm³/mol. The van der Waals surface area contributed by atoms with Gasteiger partial charge in [-0.1, -0.05) is 37.3 Å². The Morgan fingerprint density at radius 2 is 2.16 bits per heavy atom. The molecule has 2 atom stereocenters. The molecule has 0 aliphatic carbocycles. The molecule has 1 aromatic rings. The fraction of sp³-hybridized carbons (Fsp3) is 0.625. The van der Waals surface area contributed by atoms with Crippen LogP contribution in [0.1, 0.15) is 37.8 Å². The highest BCUT2D eigenvalue weighted by atomic mass is 16.5. The van der Waals surface area contributed by atoms with E-state index in [2.05, 4.69) is 36.1 Å². The standard InChI is InChI=1S/C16H26N2O/c1-2-15-13-19-12-11-18(15)10-6-9-16(17)14-7-4-3-5-8-14/h3-5,7-8,15-16H,2,6,9-13,17H2,1H3. The molecule has 0 spiro atoms. The summed E-state index contributed by atoms with van der Waals surface area (Å²) in [6, 6.07) is 11.2. The summed E-state index contributed by atoms with van der Waals surface area (Å²) >= 11 is 0. The molecule has 1 aromatic carbocycles. The maximum atomic E-state index is 6.23. The van der Waals surface area contributed by atoms with Crippen LogP contribution in [0.5, 0.6) is 0 Å². The average Bonchev–Trinajstić information content (AvgIpc) is 2.48. The van der Waals surface area contributed by atoms with E-state index in [0.29, 0.717) is 6.04 Å². The summed E-state index contributed by atoms with van der Waals surface area (Å²) in [6.07, 6.45) is 3.38. The van der Waals surface area contributed by atoms with Gasteiger partial charge in [-0.25, -0.2) is 0 Å². The first-order valence-corrected chi connectivity index (χ1v) is 7.43. The topological polar surface area (TPSA) is 38.5 Å². The third-order valence-corrected chi connectivity index (χ3v) is 4.01. The van der Waals surface area contributed by atoms with Gasteiger partial charge in [0.2, 0.25) is 0 Å². The number of benzene rings is 1. The summed E-state index contributed by atoms with van der Waals surface area (Å²) < 4.78 is 5.53. The first-order chi connectivity index (χ1) is 9.31. The van der Waals surface area contributed by atoms with Gasteiger partial charge in [-0.2, -0.15) is 0 Å². The molecule has 0 aromatic heterocycles. The lowest BCUT2D eigenvalue weighted by Gasteiger charge is -2.35. The van der Waals surface area contributed by atoms with E-state index in [0.717, 1.165) is 39.1 Å². The maximum absolute atomic E-state index is 6.23. The van der Waals surface area contributed by atoms with E-state index in [1.807, 2.05) is 6.07 Å². The highest BCUT2D eigenvalue weighted by molar-refractivity contribution is 5.18. The van der Waals surface area contributed by atoms with E-state index >= 15 is 0 Å². The second-order valence-corrected chi connectivity index (χ2v) is 5.33. The van der Waals surface area contributed by atoms with Crippen LogP contribution in [-0.2, 0) is 4.74 Å². The van der Waals surface area contributed by atoms with Crippen LogP contribution in [0, 0.1) is 0 Å². The Balaban J connectivity index is 1.73. The normalized spacial score (nSPS) is 22.3. The largest absolute Gasteiger partial charge is 0.378 e. The lowest BCUT2D eigenvalue weighted by molar-refractivity contribution is -0.00929. The molecule has 106 valence electrons. The molecule has 0 saturated carbocycles. The number of hydrogen-bond donors (Lipinski definition) is 1. The molecule has 1 aliphatic rings. The molecule has 0 amide bonds. The Hall–Kier alpha value is -0.900. The number of rotatable bonds is 6. The molecule has 2 N–H and O–H groups in total. The molecular formula is C16H26N2O. The Labute approximate surface area is 116 Å². The molecule has 1 fully saturated rings. The minimum Gasteiger partial charge on any atom is -0.378 e. The number of hydrogen-bond acceptors (Lipinski definition) is 3. The van der Waals surface area contributed by atoms with Crippen molar-refractivity contribution in [2.24, 2.45) is 5.73 Å². The van der Waals surface area contributed by atoms with Gasteiger partial charge in [0, 0.05) is 18.6 Å². The minimum atomic E-state index is 0.169. The first kappa shape index (κ1) is 14.5. The van der Waals surface area contributed by atoms with Crippen molar-refractivity contribution in [1.29, 1.82) is 0 Å². The van der Waals surface area contributed by atoms with Crippen molar-refractivity contribution in [2.75, 3.05) is 26.3 Å². The van der Waals surface area contributed by atoms with E-state index in [1.165, 1.54) is 12.0 Å². The van der Waals surface area contributed by atoms with E-state index in [4.69, 9.17) is 10.5 Å². The summed E-state index contributed by atoms with van der Waals surface area (Å²) in [6.45, 7) is 6.21. The van der Waals surface area contributed by atoms with Crippen LogP contribution >= 0.6 is 0 Å². The summed E-state index contributed by atoms with van der Waals surface area (Å²) in [4.78, 5) is 2.56. The van der Waals surface area contributed by atoms with Gasteiger partial charge in [0.15, 0.2) is 0 Å². The molecule has 2 unspecified atom stereocenters. The number of ether oxygens (including phenoxy) is 1. The fourth-order valence-corrected chi connectivity index (χ4v) is 2.74. The highest BCUT2D eigenvalue weighted by Gasteiger charge is 2.20. The second-order valence-electron chi connectivity index (χ2n) is 5.33. The summed E-state index contributed by atoms with van der Waals surface area (Å²) in [7, 11) is 0. The Morgan fingerprint density at radius 1 is 1.37 bits per heavy atom. The Kier molecular flexibility index (Phi) is 5.83. The van der Waals surface area contributed by atoms with Gasteiger partial charge in [0.05, 0.1) is 13.2 Å². The van der Waals surface area contributed by atoms with E-state index in [9.17, 15) is 0 Å². The average molecular weight is 262 g/mol. The molecule has 1 heterocycles. The van der Waals surface area contributed by atoms with Crippen LogP contribution in [0.15, 0.2) is 30.3 Å². The zero-order valence-electron chi connectivity index (χ0n) is 11.9. The van der Waals surface area contributed by atoms with Crippen molar-refractivity contribution in [3.63, 3.8) is 0 Å². The SMILES string of the molecule is CCC1COCCN1CCCC(N)c1ccccc1. The molecular weight excluding hydrogens is 236 g/mol. The van der Waals surface area contributed by atoms with Crippen molar-refractivity contribution in [3.8, 4) is 0 Å². The maximum Gasteiger partial charge on any atom is 0.0622 e. The molecule has 1 saturated heterocycles. The lowest BCUT2D eigenvalue weighted by Crippen LogP contribution is -2.45. The van der Waals surface area contributed by atoms with Crippen LogP contribution in [0.4, 0.5) is 0 Å². The molecule has 1 aliphatic heterocycles. The predicted octanol–water partition coefficient (Wildman–Crippen LogP) is 2.58. The van der Waals surface area contributed by atoms with Crippen molar-refractivity contribution >= 4 is 0 Å². The summed E-state index contributed by atoms with van der Waals surface area (Å²) in [5, 5.41) is 0. The van der Waals surface area contributed by atoms with Crippen LogP contribution in [0.2, 0.25) is 0 Å². The van der Waals surface area contributed by atoms with Crippen LogP contribution in [0.25, 0.3) is 0 Å². The molecule has 0 radical (unpaired) electrons. The quantitative estimate of drug-likeness (QED) is 0.856. The van der Waals surface area contributed by atoms with Gasteiger partial charge in [-0.15, -0.1) is 0 Å². The van der Waals surface area contributed by atoms with Gasteiger partial charge in [-0.3, -0.25) is 4.90 Å². The molecule has 0 bridgehead atoms. The van der Waals surface area contributed by atoms with Gasteiger partial charge in [-0.05, 0) is 31.4 Å². The third-order valence-electron chi connectivity index (χ3n) is 4.01. The molecule has 2 rings (SSSR count). The van der Waals surface area contributed by atoms with E-state index in [1.54, 1.807) is 0 Å². The third kappa shape index (κ3) is 4.30. The summed E-state index contributed by atoms with van der Waals surface area (Å²) in [5.41, 5.74) is 7.48. The van der Waals surface area contributed by atoms with Gasteiger partial charge < -0.3 is 10.5 Å². The van der Waals surface area contributed by atoms with Crippen molar-refractivity contribution < 1.29 is 4.74 Å². The molecule has 3 heteroatoms. The Morgan fingerprint density at radius 3 is 2.89 bits per heavy atom. The number of nitrogens with two attached hydrogens (primary N) is 1. The van der Waals surface area contributed by atoms with E-state index < -0.39 is 0 Å². The zero-order chi connectivity index (χ0) is 13.5. The minimum absolute atomic E-state index is 0.169. The fourth-order valence-electron chi connectivity index (χ4n) is 2.74. The van der Waals surface area contributed by atoms with Crippen LogP contribution < -0.4 is 5.73 Å². The number of morpholine rings is 1. The van der Waals surface area contributed by atoms with Crippen molar-refractivity contribution in [3.05, 3.63) is 35.9 Å². The van der Waals surface area contributed by atoms with Crippen LogP contribution in [-0.4, -0.2) is 37.2 Å². The second kappa shape index (κ2) is 7.63. The smallest absolute Gasteiger partial charge is 0.0622 e. The van der Waals surface area contributed by atoms with Gasteiger partial charge >= 0.3 is 0 Å². The first-order valence-electron chi connectivity index (χ1n) is 7.43. The Bertz CT molecular complexity index is 355.